The van der Waals surface area contributed by atoms with Crippen LogP contribution in [0.5, 0.6) is 0 Å². The lowest BCUT2D eigenvalue weighted by molar-refractivity contribution is 0.411. The zero-order chi connectivity index (χ0) is 10.6. The fourth-order valence-corrected chi connectivity index (χ4v) is 2.29. The monoisotopic (exact) mass is 197 g/mol. The standard InChI is InChI=1S/C12H23NO/c1-4-12(3)9-11(12)6-5-10(2)7-8-13-14/h10-11H,4-9H2,1-3H3/t10-,11+,12+/m1/s1. The van der Waals surface area contributed by atoms with Crippen molar-refractivity contribution in [2.75, 3.05) is 6.54 Å². The van der Waals surface area contributed by atoms with Gasteiger partial charge in [-0.05, 0) is 36.5 Å². The van der Waals surface area contributed by atoms with E-state index in [1.807, 2.05) is 0 Å². The SMILES string of the molecule is CC[C@@]1(C)C[C@@H]1CC[C@@H](C)CCN=O. The predicted octanol–water partition coefficient (Wildman–Crippen LogP) is 4.00. The minimum atomic E-state index is 0.497. The molecule has 0 N–H and O–H groups in total. The molecule has 0 aromatic rings. The summed E-state index contributed by atoms with van der Waals surface area (Å²) in [5, 5.41) is 2.91. The highest BCUT2D eigenvalue weighted by Gasteiger charge is 2.47. The molecule has 0 saturated heterocycles. The molecule has 1 saturated carbocycles. The van der Waals surface area contributed by atoms with Crippen LogP contribution in [-0.4, -0.2) is 6.54 Å². The van der Waals surface area contributed by atoms with Crippen molar-refractivity contribution in [2.45, 2.75) is 52.9 Å². The Morgan fingerprint density at radius 1 is 1.50 bits per heavy atom. The topological polar surface area (TPSA) is 29.4 Å². The quantitative estimate of drug-likeness (QED) is 0.567. The summed E-state index contributed by atoms with van der Waals surface area (Å²) in [7, 11) is 0. The van der Waals surface area contributed by atoms with E-state index in [2.05, 4.69) is 25.9 Å². The van der Waals surface area contributed by atoms with E-state index in [9.17, 15) is 4.91 Å². The van der Waals surface area contributed by atoms with E-state index >= 15 is 0 Å². The molecule has 0 bridgehead atoms. The fraction of sp³-hybridized carbons (Fsp3) is 1.00. The first kappa shape index (κ1) is 11.7. The molecule has 0 unspecified atom stereocenters. The number of rotatable bonds is 7. The van der Waals surface area contributed by atoms with Crippen molar-refractivity contribution in [3.63, 3.8) is 0 Å². The molecule has 0 amide bonds. The highest BCUT2D eigenvalue weighted by atomic mass is 16.3. The van der Waals surface area contributed by atoms with Gasteiger partial charge in [-0.1, -0.05) is 38.8 Å². The van der Waals surface area contributed by atoms with E-state index in [4.69, 9.17) is 0 Å². The van der Waals surface area contributed by atoms with Crippen LogP contribution in [0.4, 0.5) is 0 Å². The van der Waals surface area contributed by atoms with E-state index in [0.717, 1.165) is 12.3 Å². The lowest BCUT2D eigenvalue weighted by Gasteiger charge is -2.11. The Labute approximate surface area is 87.4 Å². The van der Waals surface area contributed by atoms with Crippen molar-refractivity contribution in [3.05, 3.63) is 4.91 Å². The van der Waals surface area contributed by atoms with Gasteiger partial charge < -0.3 is 0 Å². The first-order valence-corrected chi connectivity index (χ1v) is 5.91. The second-order valence-electron chi connectivity index (χ2n) is 5.23. The molecule has 3 atom stereocenters. The van der Waals surface area contributed by atoms with Gasteiger partial charge in [0, 0.05) is 0 Å². The van der Waals surface area contributed by atoms with Crippen molar-refractivity contribution in [2.24, 2.45) is 22.4 Å². The van der Waals surface area contributed by atoms with Crippen molar-refractivity contribution in [3.8, 4) is 0 Å². The maximum atomic E-state index is 9.96. The van der Waals surface area contributed by atoms with Crippen molar-refractivity contribution in [1.82, 2.24) is 0 Å². The highest BCUT2D eigenvalue weighted by molar-refractivity contribution is 4.97. The molecule has 0 aliphatic heterocycles. The van der Waals surface area contributed by atoms with Crippen LogP contribution in [0.1, 0.15) is 52.9 Å². The summed E-state index contributed by atoms with van der Waals surface area (Å²) in [5.41, 5.74) is 0.655. The van der Waals surface area contributed by atoms with E-state index in [0.29, 0.717) is 17.9 Å². The Morgan fingerprint density at radius 3 is 2.71 bits per heavy atom. The molecule has 2 nitrogen and oxygen atoms in total. The van der Waals surface area contributed by atoms with E-state index in [-0.39, 0.29) is 0 Å². The van der Waals surface area contributed by atoms with Crippen LogP contribution in [0.25, 0.3) is 0 Å². The average molecular weight is 197 g/mol. The molecular formula is C12H23NO. The maximum Gasteiger partial charge on any atom is 0.0813 e. The van der Waals surface area contributed by atoms with Crippen molar-refractivity contribution < 1.29 is 0 Å². The number of nitrogens with zero attached hydrogens (tertiary/aromatic N) is 1. The molecule has 0 radical (unpaired) electrons. The van der Waals surface area contributed by atoms with Crippen LogP contribution in [-0.2, 0) is 0 Å². The number of hydrogen-bond acceptors (Lipinski definition) is 2. The van der Waals surface area contributed by atoms with Crippen molar-refractivity contribution >= 4 is 0 Å². The average Bonchev–Trinajstić information content (AvgIpc) is 2.84. The summed E-state index contributed by atoms with van der Waals surface area (Å²) in [6.45, 7) is 7.42. The smallest absolute Gasteiger partial charge is 0.0813 e. The molecule has 0 heterocycles. The largest absolute Gasteiger partial charge is 0.151 e. The predicted molar refractivity (Wildman–Crippen MR) is 60.2 cm³/mol. The fourth-order valence-electron chi connectivity index (χ4n) is 2.29. The minimum absolute atomic E-state index is 0.497. The van der Waals surface area contributed by atoms with Crippen LogP contribution in [0.15, 0.2) is 5.18 Å². The molecule has 0 aromatic carbocycles. The second-order valence-corrected chi connectivity index (χ2v) is 5.23. The molecule has 14 heavy (non-hydrogen) atoms. The van der Waals surface area contributed by atoms with Gasteiger partial charge in [0.1, 0.15) is 0 Å². The Kier molecular flexibility index (Phi) is 4.09. The second kappa shape index (κ2) is 4.90. The third kappa shape index (κ3) is 3.07. The maximum absolute atomic E-state index is 9.96. The van der Waals surface area contributed by atoms with E-state index < -0.39 is 0 Å². The van der Waals surface area contributed by atoms with Crippen LogP contribution < -0.4 is 0 Å². The van der Waals surface area contributed by atoms with Gasteiger partial charge in [0.2, 0.25) is 0 Å². The Bertz CT molecular complexity index is 193. The molecule has 1 rings (SSSR count). The Balaban J connectivity index is 2.07. The van der Waals surface area contributed by atoms with Crippen LogP contribution >= 0.6 is 0 Å². The van der Waals surface area contributed by atoms with Gasteiger partial charge in [-0.2, -0.15) is 4.91 Å². The van der Waals surface area contributed by atoms with Gasteiger partial charge in [0.25, 0.3) is 0 Å². The van der Waals surface area contributed by atoms with Gasteiger partial charge in [-0.3, -0.25) is 0 Å². The molecule has 1 fully saturated rings. The number of nitroso groups, excluding NO2 is 1. The summed E-state index contributed by atoms with van der Waals surface area (Å²) in [6.07, 6.45) is 6.34. The summed E-state index contributed by atoms with van der Waals surface area (Å²) >= 11 is 0. The van der Waals surface area contributed by atoms with Crippen LogP contribution in [0.3, 0.4) is 0 Å². The van der Waals surface area contributed by atoms with Crippen molar-refractivity contribution in [1.29, 1.82) is 0 Å². The molecule has 1 aliphatic carbocycles. The Hall–Kier alpha value is -0.400. The van der Waals surface area contributed by atoms with Crippen LogP contribution in [0, 0.1) is 22.2 Å². The first-order chi connectivity index (χ1) is 6.62. The molecule has 0 spiro atoms. The van der Waals surface area contributed by atoms with Gasteiger partial charge in [-0.25, -0.2) is 0 Å². The minimum Gasteiger partial charge on any atom is -0.151 e. The van der Waals surface area contributed by atoms with Gasteiger partial charge in [0.05, 0.1) is 6.54 Å². The first-order valence-electron chi connectivity index (χ1n) is 5.91. The van der Waals surface area contributed by atoms with Gasteiger partial charge >= 0.3 is 0 Å². The Morgan fingerprint density at radius 2 is 2.21 bits per heavy atom. The molecule has 2 heteroatoms. The lowest BCUT2D eigenvalue weighted by Crippen LogP contribution is -2.00. The lowest BCUT2D eigenvalue weighted by atomic mass is 9.95. The zero-order valence-corrected chi connectivity index (χ0v) is 9.75. The highest BCUT2D eigenvalue weighted by Crippen LogP contribution is 2.57. The molecular weight excluding hydrogens is 174 g/mol. The van der Waals surface area contributed by atoms with Crippen LogP contribution in [0.2, 0.25) is 0 Å². The van der Waals surface area contributed by atoms with Gasteiger partial charge in [0.15, 0.2) is 0 Å². The molecule has 1 aliphatic rings. The van der Waals surface area contributed by atoms with E-state index in [1.165, 1.54) is 25.7 Å². The summed E-state index contributed by atoms with van der Waals surface area (Å²) in [4.78, 5) is 9.96. The third-order valence-corrected chi connectivity index (χ3v) is 4.07. The zero-order valence-electron chi connectivity index (χ0n) is 9.75. The summed E-state index contributed by atoms with van der Waals surface area (Å²) < 4.78 is 0. The number of hydrogen-bond donors (Lipinski definition) is 0. The summed E-state index contributed by atoms with van der Waals surface area (Å²) in [6, 6.07) is 0. The molecule has 0 aromatic heterocycles. The summed E-state index contributed by atoms with van der Waals surface area (Å²) in [5.74, 6) is 1.63. The molecule has 82 valence electrons. The normalized spacial score (nSPS) is 32.6. The third-order valence-electron chi connectivity index (χ3n) is 4.07. The van der Waals surface area contributed by atoms with E-state index in [1.54, 1.807) is 0 Å². The van der Waals surface area contributed by atoms with Gasteiger partial charge in [-0.15, -0.1) is 0 Å².